The van der Waals surface area contributed by atoms with E-state index in [9.17, 15) is 18.5 Å². The van der Waals surface area contributed by atoms with Gasteiger partial charge in [-0.1, -0.05) is 13.0 Å². The van der Waals surface area contributed by atoms with Crippen molar-refractivity contribution >= 4 is 15.7 Å². The summed E-state index contributed by atoms with van der Waals surface area (Å²) in [4.78, 5) is 10.1. The molecule has 1 heterocycles. The molecule has 20 heavy (non-hydrogen) atoms. The molecule has 8 heteroatoms. The molecule has 2 N–H and O–H groups in total. The van der Waals surface area contributed by atoms with Crippen LogP contribution >= 0.6 is 0 Å². The van der Waals surface area contributed by atoms with Gasteiger partial charge in [-0.25, -0.2) is 8.42 Å². The molecule has 2 unspecified atom stereocenters. The monoisotopic (exact) mass is 299 g/mol. The number of hydrogen-bond acceptors (Lipinski definition) is 5. The highest BCUT2D eigenvalue weighted by atomic mass is 32.2. The molecule has 0 aliphatic carbocycles. The van der Waals surface area contributed by atoms with Crippen LogP contribution in [0.3, 0.4) is 0 Å². The van der Waals surface area contributed by atoms with Crippen molar-refractivity contribution in [2.75, 3.05) is 13.1 Å². The molecule has 1 aliphatic heterocycles. The summed E-state index contributed by atoms with van der Waals surface area (Å²) >= 11 is 0. The normalized spacial score (nSPS) is 24.5. The molecule has 2 rings (SSSR count). The molecule has 0 amide bonds. The molecule has 0 radical (unpaired) electrons. The summed E-state index contributed by atoms with van der Waals surface area (Å²) in [6.45, 7) is 2.57. The number of piperidine rings is 1. The van der Waals surface area contributed by atoms with Crippen molar-refractivity contribution in [1.29, 1.82) is 0 Å². The fraction of sp³-hybridized carbons (Fsp3) is 0.500. The molecule has 1 fully saturated rings. The summed E-state index contributed by atoms with van der Waals surface area (Å²) in [7, 11) is -3.74. The van der Waals surface area contributed by atoms with Gasteiger partial charge < -0.3 is 5.73 Å². The predicted octanol–water partition coefficient (Wildman–Crippen LogP) is 0.953. The molecule has 2 atom stereocenters. The second-order valence-electron chi connectivity index (χ2n) is 5.18. The smallest absolute Gasteiger partial charge is 0.270 e. The van der Waals surface area contributed by atoms with Gasteiger partial charge in [0.2, 0.25) is 10.0 Å². The number of nitrogens with zero attached hydrogens (tertiary/aromatic N) is 2. The van der Waals surface area contributed by atoms with Crippen LogP contribution in [0.5, 0.6) is 0 Å². The van der Waals surface area contributed by atoms with Crippen LogP contribution in [0.1, 0.15) is 13.3 Å². The Labute approximate surface area is 117 Å². The van der Waals surface area contributed by atoms with Crippen LogP contribution in [-0.2, 0) is 10.0 Å². The highest BCUT2D eigenvalue weighted by Gasteiger charge is 2.32. The van der Waals surface area contributed by atoms with Gasteiger partial charge in [-0.3, -0.25) is 10.1 Å². The molecule has 110 valence electrons. The van der Waals surface area contributed by atoms with E-state index in [2.05, 4.69) is 0 Å². The fourth-order valence-electron chi connectivity index (χ4n) is 2.45. The van der Waals surface area contributed by atoms with Crippen LogP contribution in [0.2, 0.25) is 0 Å². The van der Waals surface area contributed by atoms with Gasteiger partial charge in [-0.15, -0.1) is 0 Å². The number of nitrogens with two attached hydrogens (primary N) is 1. The minimum atomic E-state index is -3.74. The highest BCUT2D eigenvalue weighted by Crippen LogP contribution is 2.25. The third kappa shape index (κ3) is 2.97. The Kier molecular flexibility index (Phi) is 4.07. The Hall–Kier alpha value is -1.51. The largest absolute Gasteiger partial charge is 0.326 e. The lowest BCUT2D eigenvalue weighted by atomic mass is 9.99. The maximum atomic E-state index is 12.5. The fourth-order valence-corrected chi connectivity index (χ4v) is 4.11. The number of sulfonamides is 1. The lowest BCUT2D eigenvalue weighted by Gasteiger charge is -2.33. The molecule has 7 nitrogen and oxygen atoms in total. The zero-order valence-electron chi connectivity index (χ0n) is 11.1. The first-order chi connectivity index (χ1) is 9.30. The van der Waals surface area contributed by atoms with Crippen LogP contribution in [0.4, 0.5) is 5.69 Å². The zero-order chi connectivity index (χ0) is 14.9. The van der Waals surface area contributed by atoms with Gasteiger partial charge in [-0.05, 0) is 18.4 Å². The van der Waals surface area contributed by atoms with Gasteiger partial charge in [-0.2, -0.15) is 4.31 Å². The molecule has 0 aromatic heterocycles. The molecular formula is C12H17N3O4S. The average Bonchev–Trinajstić information content (AvgIpc) is 2.37. The van der Waals surface area contributed by atoms with E-state index in [1.165, 1.54) is 22.5 Å². The van der Waals surface area contributed by atoms with E-state index in [0.29, 0.717) is 6.54 Å². The Bertz CT molecular complexity index is 607. The van der Waals surface area contributed by atoms with Gasteiger partial charge in [0.15, 0.2) is 0 Å². The third-order valence-corrected chi connectivity index (χ3v) is 5.15. The van der Waals surface area contributed by atoms with Crippen molar-refractivity contribution in [3.05, 3.63) is 34.4 Å². The molecular weight excluding hydrogens is 282 g/mol. The van der Waals surface area contributed by atoms with E-state index in [1.807, 2.05) is 6.92 Å². The van der Waals surface area contributed by atoms with Crippen molar-refractivity contribution in [2.45, 2.75) is 24.3 Å². The van der Waals surface area contributed by atoms with E-state index < -0.39 is 14.9 Å². The van der Waals surface area contributed by atoms with E-state index in [-0.39, 0.29) is 29.1 Å². The number of nitro benzene ring substituents is 1. The maximum Gasteiger partial charge on any atom is 0.270 e. The Morgan fingerprint density at radius 1 is 1.40 bits per heavy atom. The molecule has 0 saturated carbocycles. The van der Waals surface area contributed by atoms with E-state index in [0.717, 1.165) is 12.5 Å². The average molecular weight is 299 g/mol. The van der Waals surface area contributed by atoms with Crippen molar-refractivity contribution in [2.24, 2.45) is 11.7 Å². The Morgan fingerprint density at radius 3 is 2.70 bits per heavy atom. The molecule has 0 spiro atoms. The van der Waals surface area contributed by atoms with Crippen LogP contribution in [0.25, 0.3) is 0 Å². The van der Waals surface area contributed by atoms with Gasteiger partial charge in [0.05, 0.1) is 9.82 Å². The highest BCUT2D eigenvalue weighted by molar-refractivity contribution is 7.89. The molecule has 0 bridgehead atoms. The number of rotatable bonds is 3. The topological polar surface area (TPSA) is 107 Å². The molecule has 1 aromatic rings. The summed E-state index contributed by atoms with van der Waals surface area (Å²) in [6, 6.07) is 4.89. The first-order valence-corrected chi connectivity index (χ1v) is 7.75. The standard InChI is InChI=1S/C12H17N3O4S/c1-9-5-10(13)8-14(7-9)20(18,19)12-4-2-3-11(6-12)15(16)17/h2-4,6,9-10H,5,7-8,13H2,1H3. The van der Waals surface area contributed by atoms with Crippen LogP contribution in [0, 0.1) is 16.0 Å². The van der Waals surface area contributed by atoms with Gasteiger partial charge in [0.1, 0.15) is 0 Å². The molecule has 1 aliphatic rings. The summed E-state index contributed by atoms with van der Waals surface area (Å²) in [5.41, 5.74) is 5.62. The quantitative estimate of drug-likeness (QED) is 0.660. The zero-order valence-corrected chi connectivity index (χ0v) is 11.9. The van der Waals surface area contributed by atoms with E-state index in [4.69, 9.17) is 5.73 Å². The van der Waals surface area contributed by atoms with Crippen molar-refractivity contribution in [3.8, 4) is 0 Å². The summed E-state index contributed by atoms with van der Waals surface area (Å²) in [6.07, 6.45) is 0.779. The second kappa shape index (κ2) is 5.47. The minimum Gasteiger partial charge on any atom is -0.326 e. The van der Waals surface area contributed by atoms with E-state index >= 15 is 0 Å². The van der Waals surface area contributed by atoms with Gasteiger partial charge >= 0.3 is 0 Å². The SMILES string of the molecule is CC1CC(N)CN(S(=O)(=O)c2cccc([N+](=O)[O-])c2)C1. The second-order valence-corrected chi connectivity index (χ2v) is 7.12. The number of benzene rings is 1. The van der Waals surface area contributed by atoms with Gasteiger partial charge in [0.25, 0.3) is 5.69 Å². The van der Waals surface area contributed by atoms with Crippen LogP contribution in [-0.4, -0.2) is 36.8 Å². The molecule has 1 aromatic carbocycles. The van der Waals surface area contributed by atoms with Crippen LogP contribution in [0.15, 0.2) is 29.2 Å². The minimum absolute atomic E-state index is 0.0620. The number of nitro groups is 1. The first-order valence-electron chi connectivity index (χ1n) is 6.31. The number of hydrogen-bond donors (Lipinski definition) is 1. The lowest BCUT2D eigenvalue weighted by Crippen LogP contribution is -2.48. The van der Waals surface area contributed by atoms with Crippen LogP contribution < -0.4 is 5.73 Å². The molecule has 1 saturated heterocycles. The summed E-state index contributed by atoms with van der Waals surface area (Å²) < 4.78 is 26.3. The Morgan fingerprint density at radius 2 is 2.10 bits per heavy atom. The maximum absolute atomic E-state index is 12.5. The number of non-ortho nitro benzene ring substituents is 1. The van der Waals surface area contributed by atoms with Gasteiger partial charge in [0, 0.05) is 31.3 Å². The first kappa shape index (κ1) is 14.9. The predicted molar refractivity (Wildman–Crippen MR) is 73.6 cm³/mol. The lowest BCUT2D eigenvalue weighted by molar-refractivity contribution is -0.385. The Balaban J connectivity index is 2.34. The summed E-state index contributed by atoms with van der Waals surface area (Å²) in [5, 5.41) is 10.7. The van der Waals surface area contributed by atoms with Crippen molar-refractivity contribution < 1.29 is 13.3 Å². The van der Waals surface area contributed by atoms with Crippen molar-refractivity contribution in [3.63, 3.8) is 0 Å². The third-order valence-electron chi connectivity index (χ3n) is 3.32. The van der Waals surface area contributed by atoms with E-state index in [1.54, 1.807) is 0 Å². The van der Waals surface area contributed by atoms with Crippen molar-refractivity contribution in [1.82, 2.24) is 4.31 Å². The summed E-state index contributed by atoms with van der Waals surface area (Å²) in [5.74, 6) is 0.173.